The maximum Gasteiger partial charge on any atom is 0.443 e. The Kier molecular flexibility index (Phi) is 8.03. The van der Waals surface area contributed by atoms with E-state index >= 15 is 0 Å². The van der Waals surface area contributed by atoms with Crippen molar-refractivity contribution in [2.24, 2.45) is 0 Å². The van der Waals surface area contributed by atoms with Gasteiger partial charge in [-0.1, -0.05) is 19.1 Å². The van der Waals surface area contributed by atoms with Crippen LogP contribution < -0.4 is 10.1 Å². The van der Waals surface area contributed by atoms with Crippen molar-refractivity contribution in [3.8, 4) is 5.75 Å². The SMILES string of the molecule is CC(CNCC(O)c1csc(C(F)(F)F)n1)c1ccc(OCCCO)cc1. The van der Waals surface area contributed by atoms with Crippen LogP contribution in [0.15, 0.2) is 29.6 Å². The van der Waals surface area contributed by atoms with Crippen molar-refractivity contribution in [2.45, 2.75) is 31.5 Å². The van der Waals surface area contributed by atoms with Gasteiger partial charge in [0.2, 0.25) is 0 Å². The van der Waals surface area contributed by atoms with Gasteiger partial charge in [0.15, 0.2) is 5.01 Å². The number of benzene rings is 1. The highest BCUT2D eigenvalue weighted by molar-refractivity contribution is 7.09. The van der Waals surface area contributed by atoms with Gasteiger partial charge >= 0.3 is 6.18 Å². The number of rotatable bonds is 10. The zero-order chi connectivity index (χ0) is 19.9. The molecule has 1 aromatic carbocycles. The van der Waals surface area contributed by atoms with E-state index in [-0.39, 0.29) is 24.8 Å². The third-order valence-corrected chi connectivity index (χ3v) is 4.82. The van der Waals surface area contributed by atoms with Gasteiger partial charge in [-0.25, -0.2) is 4.98 Å². The van der Waals surface area contributed by atoms with Crippen molar-refractivity contribution in [2.75, 3.05) is 26.3 Å². The van der Waals surface area contributed by atoms with Gasteiger partial charge in [0.25, 0.3) is 0 Å². The summed E-state index contributed by atoms with van der Waals surface area (Å²) in [7, 11) is 0. The van der Waals surface area contributed by atoms with Crippen LogP contribution in [-0.2, 0) is 6.18 Å². The van der Waals surface area contributed by atoms with Gasteiger partial charge in [0.05, 0.1) is 12.3 Å². The quantitative estimate of drug-likeness (QED) is 0.530. The molecule has 9 heteroatoms. The lowest BCUT2D eigenvalue weighted by Gasteiger charge is -2.15. The van der Waals surface area contributed by atoms with Gasteiger partial charge in [-0.05, 0) is 23.6 Å². The van der Waals surface area contributed by atoms with Gasteiger partial charge in [-0.3, -0.25) is 0 Å². The third-order valence-electron chi connectivity index (χ3n) is 3.91. The normalized spacial score (nSPS) is 14.1. The molecule has 0 spiro atoms. The molecule has 0 aliphatic rings. The first-order valence-electron chi connectivity index (χ1n) is 8.56. The molecule has 2 unspecified atom stereocenters. The van der Waals surface area contributed by atoms with Crippen LogP contribution in [-0.4, -0.2) is 41.5 Å². The van der Waals surface area contributed by atoms with Crippen LogP contribution in [0.2, 0.25) is 0 Å². The second-order valence-corrected chi connectivity index (χ2v) is 7.00. The average molecular weight is 404 g/mol. The molecule has 27 heavy (non-hydrogen) atoms. The van der Waals surface area contributed by atoms with E-state index < -0.39 is 17.3 Å². The predicted octanol–water partition coefficient (Wildman–Crippen LogP) is 3.35. The molecule has 0 fully saturated rings. The molecule has 1 aromatic heterocycles. The minimum Gasteiger partial charge on any atom is -0.494 e. The Morgan fingerprint density at radius 1 is 1.22 bits per heavy atom. The molecule has 0 saturated carbocycles. The standard InChI is InChI=1S/C18H23F3N2O3S/c1-12(13-3-5-14(6-4-13)26-8-2-7-24)9-22-10-16(25)15-11-27-17(23-15)18(19,20)21/h3-6,11-12,16,22,24-25H,2,7-10H2,1H3. The number of hydrogen-bond acceptors (Lipinski definition) is 6. The zero-order valence-corrected chi connectivity index (χ0v) is 15.7. The molecule has 2 atom stereocenters. The number of hydrogen-bond donors (Lipinski definition) is 3. The fourth-order valence-corrected chi connectivity index (χ4v) is 3.11. The first-order valence-corrected chi connectivity index (χ1v) is 9.44. The zero-order valence-electron chi connectivity index (χ0n) is 14.9. The van der Waals surface area contributed by atoms with E-state index in [4.69, 9.17) is 9.84 Å². The highest BCUT2D eigenvalue weighted by atomic mass is 32.1. The summed E-state index contributed by atoms with van der Waals surface area (Å²) in [5.74, 6) is 0.872. The molecule has 2 aromatic rings. The largest absolute Gasteiger partial charge is 0.494 e. The predicted molar refractivity (Wildman–Crippen MR) is 97.0 cm³/mol. The van der Waals surface area contributed by atoms with E-state index in [2.05, 4.69) is 10.3 Å². The summed E-state index contributed by atoms with van der Waals surface area (Å²) in [4.78, 5) is 3.45. The second-order valence-electron chi connectivity index (χ2n) is 6.15. The van der Waals surface area contributed by atoms with Crippen molar-refractivity contribution in [1.29, 1.82) is 0 Å². The molecule has 2 rings (SSSR count). The minimum atomic E-state index is -4.49. The lowest BCUT2D eigenvalue weighted by molar-refractivity contribution is -0.137. The lowest BCUT2D eigenvalue weighted by atomic mass is 10.0. The molecule has 1 heterocycles. The molecule has 0 radical (unpaired) electrons. The van der Waals surface area contributed by atoms with E-state index in [0.717, 1.165) is 11.3 Å². The Bertz CT molecular complexity index is 692. The van der Waals surface area contributed by atoms with Crippen LogP contribution in [0, 0.1) is 0 Å². The fraction of sp³-hybridized carbons (Fsp3) is 0.500. The Morgan fingerprint density at radius 3 is 2.52 bits per heavy atom. The first kappa shape index (κ1) is 21.6. The van der Waals surface area contributed by atoms with Crippen LogP contribution in [0.3, 0.4) is 0 Å². The summed E-state index contributed by atoms with van der Waals surface area (Å²) in [6.07, 6.45) is -5.00. The molecule has 3 N–H and O–H groups in total. The van der Waals surface area contributed by atoms with Crippen molar-refractivity contribution in [1.82, 2.24) is 10.3 Å². The number of nitrogens with zero attached hydrogens (tertiary/aromatic N) is 1. The topological polar surface area (TPSA) is 74.6 Å². The third kappa shape index (κ3) is 6.76. The Morgan fingerprint density at radius 2 is 1.93 bits per heavy atom. The number of aliphatic hydroxyl groups excluding tert-OH is 2. The van der Waals surface area contributed by atoms with Gasteiger partial charge < -0.3 is 20.3 Å². The highest BCUT2D eigenvalue weighted by Crippen LogP contribution is 2.32. The van der Waals surface area contributed by atoms with E-state index in [1.807, 2.05) is 31.2 Å². The summed E-state index contributed by atoms with van der Waals surface area (Å²) < 4.78 is 43.1. The summed E-state index contributed by atoms with van der Waals surface area (Å²) in [5, 5.41) is 22.1. The van der Waals surface area contributed by atoms with Crippen molar-refractivity contribution >= 4 is 11.3 Å². The van der Waals surface area contributed by atoms with Gasteiger partial charge in [0, 0.05) is 31.5 Å². The van der Waals surface area contributed by atoms with Crippen molar-refractivity contribution in [3.05, 3.63) is 45.9 Å². The van der Waals surface area contributed by atoms with Gasteiger partial charge in [-0.15, -0.1) is 11.3 Å². The van der Waals surface area contributed by atoms with E-state index in [1.54, 1.807) is 0 Å². The van der Waals surface area contributed by atoms with E-state index in [0.29, 0.717) is 30.9 Å². The summed E-state index contributed by atoms with van der Waals surface area (Å²) >= 11 is 0.480. The molecule has 0 aliphatic carbocycles. The van der Waals surface area contributed by atoms with Crippen molar-refractivity contribution in [3.63, 3.8) is 0 Å². The molecule has 0 bridgehead atoms. The summed E-state index contributed by atoms with van der Waals surface area (Å²) in [6.45, 7) is 3.22. The molecule has 0 saturated heterocycles. The smallest absolute Gasteiger partial charge is 0.443 e. The second kappa shape index (κ2) is 10.0. The highest BCUT2D eigenvalue weighted by Gasteiger charge is 2.35. The molecule has 5 nitrogen and oxygen atoms in total. The maximum atomic E-state index is 12.6. The van der Waals surface area contributed by atoms with Crippen molar-refractivity contribution < 1.29 is 28.1 Å². The lowest BCUT2D eigenvalue weighted by Crippen LogP contribution is -2.25. The Hall–Kier alpha value is -1.68. The van der Waals surface area contributed by atoms with E-state index in [1.165, 1.54) is 5.38 Å². The molecule has 0 amide bonds. The number of halogens is 3. The van der Waals surface area contributed by atoms with E-state index in [9.17, 15) is 18.3 Å². The average Bonchev–Trinajstić information content (AvgIpc) is 3.13. The molecule has 150 valence electrons. The molecule has 0 aliphatic heterocycles. The van der Waals surface area contributed by atoms with Crippen LogP contribution in [0.4, 0.5) is 13.2 Å². The van der Waals surface area contributed by atoms with Crippen LogP contribution in [0.1, 0.15) is 41.6 Å². The fourth-order valence-electron chi connectivity index (χ4n) is 2.38. The Labute approximate surface area is 159 Å². The van der Waals surface area contributed by atoms with Gasteiger partial charge in [0.1, 0.15) is 11.9 Å². The maximum absolute atomic E-state index is 12.6. The number of aromatic nitrogens is 1. The van der Waals surface area contributed by atoms with Crippen LogP contribution in [0.25, 0.3) is 0 Å². The molecular formula is C18H23F3N2O3S. The number of alkyl halides is 3. The minimum absolute atomic E-state index is 0.0249. The molecular weight excluding hydrogens is 381 g/mol. The summed E-state index contributed by atoms with van der Waals surface area (Å²) in [6, 6.07) is 7.58. The Balaban J connectivity index is 1.78. The van der Waals surface area contributed by atoms with Crippen LogP contribution in [0.5, 0.6) is 5.75 Å². The number of thiazole rings is 1. The van der Waals surface area contributed by atoms with Crippen LogP contribution >= 0.6 is 11.3 Å². The first-order chi connectivity index (χ1) is 12.8. The van der Waals surface area contributed by atoms with Gasteiger partial charge in [-0.2, -0.15) is 13.2 Å². The number of aliphatic hydroxyl groups is 2. The number of ether oxygens (including phenoxy) is 1. The number of nitrogens with one attached hydrogen (secondary N) is 1. The monoisotopic (exact) mass is 404 g/mol. The summed E-state index contributed by atoms with van der Waals surface area (Å²) in [5.41, 5.74) is 1.09.